The Morgan fingerprint density at radius 1 is 0.971 bits per heavy atom. The number of hydrogen-bond donors (Lipinski definition) is 1. The Hall–Kier alpha value is -3.56. The molecule has 1 N–H and O–H groups in total. The minimum absolute atomic E-state index is 0.0876. The van der Waals surface area contributed by atoms with E-state index in [0.29, 0.717) is 0 Å². The summed E-state index contributed by atoms with van der Waals surface area (Å²) in [6, 6.07) is 13.8. The Morgan fingerprint density at radius 2 is 1.71 bits per heavy atom. The van der Waals surface area contributed by atoms with Crippen LogP contribution in [-0.4, -0.2) is 45.3 Å². The molecule has 0 aliphatic carbocycles. The SMILES string of the molecule is CCOC(=O)c1sc(-c2ccccc2)cc1NC(=O)COC(=O)c1cc(Cl)c(OC)c(OC)c1. The number of nitrogens with one attached hydrogen (secondary N) is 1. The molecule has 1 heterocycles. The lowest BCUT2D eigenvalue weighted by atomic mass is 10.2. The summed E-state index contributed by atoms with van der Waals surface area (Å²) in [5, 5.41) is 2.78. The molecular weight excluding hydrogens is 482 g/mol. The summed E-state index contributed by atoms with van der Waals surface area (Å²) in [4.78, 5) is 38.4. The van der Waals surface area contributed by atoms with Crippen molar-refractivity contribution in [1.82, 2.24) is 0 Å². The van der Waals surface area contributed by atoms with Gasteiger partial charge in [-0.1, -0.05) is 41.9 Å². The highest BCUT2D eigenvalue weighted by molar-refractivity contribution is 7.18. The fourth-order valence-corrected chi connectivity index (χ4v) is 4.31. The zero-order chi connectivity index (χ0) is 24.7. The maximum Gasteiger partial charge on any atom is 0.350 e. The number of hydrogen-bond acceptors (Lipinski definition) is 8. The average molecular weight is 504 g/mol. The number of thiophene rings is 1. The smallest absolute Gasteiger partial charge is 0.350 e. The highest BCUT2D eigenvalue weighted by atomic mass is 35.5. The first-order chi connectivity index (χ1) is 16.4. The molecule has 0 spiro atoms. The van der Waals surface area contributed by atoms with E-state index in [1.807, 2.05) is 30.3 Å². The number of anilines is 1. The van der Waals surface area contributed by atoms with Crippen molar-refractivity contribution in [2.24, 2.45) is 0 Å². The minimum Gasteiger partial charge on any atom is -0.493 e. The third kappa shape index (κ3) is 5.86. The van der Waals surface area contributed by atoms with Crippen LogP contribution in [0, 0.1) is 0 Å². The van der Waals surface area contributed by atoms with Crippen LogP contribution in [0.1, 0.15) is 27.0 Å². The maximum absolute atomic E-state index is 12.5. The van der Waals surface area contributed by atoms with Gasteiger partial charge in [-0.2, -0.15) is 0 Å². The molecule has 178 valence electrons. The number of carbonyl (C=O) groups excluding carboxylic acids is 3. The van der Waals surface area contributed by atoms with Crippen molar-refractivity contribution in [1.29, 1.82) is 0 Å². The third-order valence-electron chi connectivity index (χ3n) is 4.53. The molecule has 0 fully saturated rings. The van der Waals surface area contributed by atoms with E-state index < -0.39 is 24.5 Å². The predicted octanol–water partition coefficient (Wildman–Crippen LogP) is 5.06. The van der Waals surface area contributed by atoms with E-state index in [2.05, 4.69) is 5.32 Å². The zero-order valence-electron chi connectivity index (χ0n) is 18.7. The number of esters is 2. The van der Waals surface area contributed by atoms with Gasteiger partial charge in [0.05, 0.1) is 37.1 Å². The quantitative estimate of drug-likeness (QED) is 0.407. The summed E-state index contributed by atoms with van der Waals surface area (Å²) in [7, 11) is 2.83. The topological polar surface area (TPSA) is 100 Å². The highest BCUT2D eigenvalue weighted by Crippen LogP contribution is 2.37. The molecule has 0 radical (unpaired) electrons. The summed E-state index contributed by atoms with van der Waals surface area (Å²) in [6.07, 6.45) is 0. The maximum atomic E-state index is 12.5. The van der Waals surface area contributed by atoms with Crippen molar-refractivity contribution in [2.75, 3.05) is 32.8 Å². The van der Waals surface area contributed by atoms with Crippen molar-refractivity contribution < 1.29 is 33.3 Å². The van der Waals surface area contributed by atoms with Gasteiger partial charge in [0.25, 0.3) is 5.91 Å². The Bertz CT molecular complexity index is 1190. The molecule has 3 rings (SSSR count). The molecule has 0 saturated heterocycles. The molecule has 0 aliphatic heterocycles. The van der Waals surface area contributed by atoms with Crippen LogP contribution in [0.2, 0.25) is 5.02 Å². The van der Waals surface area contributed by atoms with Crippen molar-refractivity contribution >= 4 is 46.5 Å². The standard InChI is InChI=1S/C24H22ClNO7S/c1-4-32-24(29)22-17(12-19(34-22)14-8-6-5-7-9-14)26-20(27)13-33-23(28)15-10-16(25)21(31-3)18(11-15)30-2/h5-12H,4,13H2,1-3H3,(H,26,27). The fourth-order valence-electron chi connectivity index (χ4n) is 3.01. The van der Waals surface area contributed by atoms with Crippen LogP contribution < -0.4 is 14.8 Å². The predicted molar refractivity (Wildman–Crippen MR) is 129 cm³/mol. The van der Waals surface area contributed by atoms with E-state index in [-0.39, 0.29) is 39.3 Å². The molecule has 2 aromatic carbocycles. The van der Waals surface area contributed by atoms with Crippen LogP contribution in [0.25, 0.3) is 10.4 Å². The number of methoxy groups -OCH3 is 2. The first-order valence-corrected chi connectivity index (χ1v) is 11.3. The molecule has 1 amide bonds. The van der Waals surface area contributed by atoms with Gasteiger partial charge in [-0.25, -0.2) is 9.59 Å². The van der Waals surface area contributed by atoms with E-state index in [9.17, 15) is 14.4 Å². The highest BCUT2D eigenvalue weighted by Gasteiger charge is 2.21. The van der Waals surface area contributed by atoms with Crippen molar-refractivity contribution in [3.63, 3.8) is 0 Å². The van der Waals surface area contributed by atoms with Gasteiger partial charge in [-0.15, -0.1) is 11.3 Å². The van der Waals surface area contributed by atoms with E-state index in [1.165, 1.54) is 37.7 Å². The second-order valence-electron chi connectivity index (χ2n) is 6.76. The van der Waals surface area contributed by atoms with E-state index in [4.69, 9.17) is 30.5 Å². The van der Waals surface area contributed by atoms with Gasteiger partial charge in [-0.05, 0) is 30.7 Å². The monoisotopic (exact) mass is 503 g/mol. The molecule has 3 aromatic rings. The lowest BCUT2D eigenvalue weighted by Crippen LogP contribution is -2.21. The zero-order valence-corrected chi connectivity index (χ0v) is 20.2. The molecular formula is C24H22ClNO7S. The molecule has 1 aromatic heterocycles. The summed E-state index contributed by atoms with van der Waals surface area (Å²) in [5.74, 6) is -1.43. The Balaban J connectivity index is 1.73. The largest absolute Gasteiger partial charge is 0.493 e. The molecule has 8 nitrogen and oxygen atoms in total. The average Bonchev–Trinajstić information content (AvgIpc) is 3.26. The molecule has 0 unspecified atom stereocenters. The summed E-state index contributed by atoms with van der Waals surface area (Å²) in [5.41, 5.74) is 1.25. The van der Waals surface area contributed by atoms with Crippen molar-refractivity contribution in [2.45, 2.75) is 6.92 Å². The van der Waals surface area contributed by atoms with Crippen LogP contribution >= 0.6 is 22.9 Å². The van der Waals surface area contributed by atoms with Gasteiger partial charge in [0.2, 0.25) is 0 Å². The molecule has 0 saturated carbocycles. The Labute approximate surface area is 205 Å². The third-order valence-corrected chi connectivity index (χ3v) is 5.97. The summed E-state index contributed by atoms with van der Waals surface area (Å²) < 4.78 is 20.5. The first kappa shape index (κ1) is 25.1. The van der Waals surface area contributed by atoms with Crippen LogP contribution in [-0.2, 0) is 14.3 Å². The number of ether oxygens (including phenoxy) is 4. The second-order valence-corrected chi connectivity index (χ2v) is 8.22. The van der Waals surface area contributed by atoms with E-state index in [1.54, 1.807) is 13.0 Å². The normalized spacial score (nSPS) is 10.4. The van der Waals surface area contributed by atoms with Gasteiger partial charge in [-0.3, -0.25) is 4.79 Å². The van der Waals surface area contributed by atoms with Gasteiger partial charge < -0.3 is 24.3 Å². The fraction of sp³-hybridized carbons (Fsp3) is 0.208. The lowest BCUT2D eigenvalue weighted by molar-refractivity contribution is -0.119. The number of benzene rings is 2. The number of amides is 1. The van der Waals surface area contributed by atoms with E-state index >= 15 is 0 Å². The van der Waals surface area contributed by atoms with E-state index in [0.717, 1.165) is 10.4 Å². The lowest BCUT2D eigenvalue weighted by Gasteiger charge is -2.11. The van der Waals surface area contributed by atoms with Gasteiger partial charge in [0.15, 0.2) is 18.1 Å². The van der Waals surface area contributed by atoms with Crippen molar-refractivity contribution in [3.8, 4) is 21.9 Å². The first-order valence-electron chi connectivity index (χ1n) is 10.1. The van der Waals surface area contributed by atoms with Crippen molar-refractivity contribution in [3.05, 3.63) is 64.0 Å². The van der Waals surface area contributed by atoms with Crippen LogP contribution in [0.3, 0.4) is 0 Å². The Morgan fingerprint density at radius 3 is 2.35 bits per heavy atom. The van der Waals surface area contributed by atoms with Gasteiger partial charge >= 0.3 is 11.9 Å². The van der Waals surface area contributed by atoms with Crippen LogP contribution in [0.15, 0.2) is 48.5 Å². The number of halogens is 1. The summed E-state index contributed by atoms with van der Waals surface area (Å²) >= 11 is 7.31. The molecule has 0 atom stereocenters. The second kappa shape index (κ2) is 11.5. The van der Waals surface area contributed by atoms with Gasteiger partial charge in [0, 0.05) is 4.88 Å². The summed E-state index contributed by atoms with van der Waals surface area (Å²) in [6.45, 7) is 1.31. The van der Waals surface area contributed by atoms with Gasteiger partial charge in [0.1, 0.15) is 4.88 Å². The van der Waals surface area contributed by atoms with Crippen LogP contribution in [0.5, 0.6) is 11.5 Å². The Kier molecular flexibility index (Phi) is 8.50. The number of rotatable bonds is 9. The number of carbonyl (C=O) groups is 3. The minimum atomic E-state index is -0.779. The molecule has 10 heteroatoms. The van der Waals surface area contributed by atoms with Crippen LogP contribution in [0.4, 0.5) is 5.69 Å². The molecule has 0 aliphatic rings. The molecule has 0 bridgehead atoms. The molecule has 34 heavy (non-hydrogen) atoms.